The van der Waals surface area contributed by atoms with Crippen molar-refractivity contribution in [2.75, 3.05) is 47.5 Å². The van der Waals surface area contributed by atoms with Crippen molar-refractivity contribution < 1.29 is 42.9 Å². The fraction of sp³-hybridized carbons (Fsp3) is 0.909. The standard InChI is InChI=1S/C33H63NO8/c1-6-8-10-12-14-16-18-20-22-24-31(36)42-29(28-41-33(32(37)38)39-26-25-34(3,4)5)27-40-30(35)23-21-19-17-15-13-11-9-7-2/h29,33H,6-28H2,1-5H3. The highest BCUT2D eigenvalue weighted by molar-refractivity contribution is 5.70. The largest absolute Gasteiger partial charge is 0.545 e. The SMILES string of the molecule is CCCCCCCCCCCC(=O)OC(COC(=O)CCCCCCCCCC)COC(OCC[N+](C)(C)C)C(=O)[O-]. The Bertz CT molecular complexity index is 679. The van der Waals surface area contributed by atoms with Crippen LogP contribution in [-0.2, 0) is 33.3 Å². The van der Waals surface area contributed by atoms with Crippen molar-refractivity contribution >= 4 is 17.9 Å². The van der Waals surface area contributed by atoms with E-state index in [1.54, 1.807) is 0 Å². The van der Waals surface area contributed by atoms with E-state index in [0.29, 0.717) is 17.4 Å². The molecule has 0 aliphatic rings. The van der Waals surface area contributed by atoms with E-state index in [1.807, 2.05) is 21.1 Å². The summed E-state index contributed by atoms with van der Waals surface area (Å²) in [6, 6.07) is 0. The fourth-order valence-electron chi connectivity index (χ4n) is 4.41. The van der Waals surface area contributed by atoms with E-state index < -0.39 is 24.3 Å². The number of carbonyl (C=O) groups excluding carboxylic acids is 3. The van der Waals surface area contributed by atoms with Gasteiger partial charge >= 0.3 is 11.9 Å². The molecule has 2 atom stereocenters. The molecule has 0 spiro atoms. The summed E-state index contributed by atoms with van der Waals surface area (Å²) >= 11 is 0. The van der Waals surface area contributed by atoms with Crippen LogP contribution in [0.25, 0.3) is 0 Å². The Labute approximate surface area is 256 Å². The third-order valence-corrected chi connectivity index (χ3v) is 7.10. The minimum absolute atomic E-state index is 0.152. The van der Waals surface area contributed by atoms with Crippen molar-refractivity contribution in [2.24, 2.45) is 0 Å². The minimum atomic E-state index is -1.61. The van der Waals surface area contributed by atoms with Gasteiger partial charge in [0, 0.05) is 12.8 Å². The monoisotopic (exact) mass is 601 g/mol. The number of carbonyl (C=O) groups is 3. The van der Waals surface area contributed by atoms with Crippen molar-refractivity contribution in [3.63, 3.8) is 0 Å². The lowest BCUT2D eigenvalue weighted by Crippen LogP contribution is -2.44. The van der Waals surface area contributed by atoms with Crippen LogP contribution in [0.5, 0.6) is 0 Å². The molecule has 0 radical (unpaired) electrons. The van der Waals surface area contributed by atoms with Crippen LogP contribution in [0, 0.1) is 0 Å². The maximum absolute atomic E-state index is 12.5. The number of unbranched alkanes of at least 4 members (excludes halogenated alkanes) is 15. The first-order chi connectivity index (χ1) is 20.1. The maximum atomic E-state index is 12.5. The number of esters is 2. The van der Waals surface area contributed by atoms with E-state index >= 15 is 0 Å². The normalized spacial score (nSPS) is 13.1. The Morgan fingerprint density at radius 1 is 0.619 bits per heavy atom. The first-order valence-electron chi connectivity index (χ1n) is 16.7. The van der Waals surface area contributed by atoms with Gasteiger partial charge in [0.1, 0.15) is 13.2 Å². The second-order valence-electron chi connectivity index (χ2n) is 12.5. The zero-order chi connectivity index (χ0) is 31.5. The lowest BCUT2D eigenvalue weighted by atomic mass is 10.1. The molecule has 9 heteroatoms. The quantitative estimate of drug-likeness (QED) is 0.0446. The number of hydrogen-bond donors (Lipinski definition) is 0. The van der Waals surface area contributed by atoms with Gasteiger partial charge in [-0.2, -0.15) is 0 Å². The molecule has 0 aliphatic carbocycles. The van der Waals surface area contributed by atoms with Crippen LogP contribution in [0.2, 0.25) is 0 Å². The van der Waals surface area contributed by atoms with Crippen molar-refractivity contribution in [1.82, 2.24) is 0 Å². The molecule has 0 saturated carbocycles. The van der Waals surface area contributed by atoms with E-state index in [9.17, 15) is 19.5 Å². The number of quaternary nitrogens is 1. The lowest BCUT2D eigenvalue weighted by molar-refractivity contribution is -0.870. The summed E-state index contributed by atoms with van der Waals surface area (Å²) in [5, 5.41) is 11.5. The van der Waals surface area contributed by atoms with Crippen LogP contribution in [-0.4, -0.2) is 82.3 Å². The van der Waals surface area contributed by atoms with E-state index in [0.717, 1.165) is 38.5 Å². The number of ether oxygens (including phenoxy) is 4. The number of carboxylic acids is 1. The summed E-state index contributed by atoms with van der Waals surface area (Å²) < 4.78 is 22.3. The van der Waals surface area contributed by atoms with Gasteiger partial charge in [-0.1, -0.05) is 110 Å². The van der Waals surface area contributed by atoms with Gasteiger partial charge in [0.25, 0.3) is 0 Å². The van der Waals surface area contributed by atoms with E-state index in [1.165, 1.54) is 70.6 Å². The Balaban J connectivity index is 4.62. The highest BCUT2D eigenvalue weighted by Gasteiger charge is 2.21. The number of likely N-dealkylation sites (N-methyl/N-ethyl adjacent to an activating group) is 1. The van der Waals surface area contributed by atoms with Crippen molar-refractivity contribution in [2.45, 2.75) is 148 Å². The Hall–Kier alpha value is -1.71. The maximum Gasteiger partial charge on any atom is 0.306 e. The van der Waals surface area contributed by atoms with Crippen LogP contribution in [0.4, 0.5) is 0 Å². The average Bonchev–Trinajstić information content (AvgIpc) is 2.93. The Kier molecular flexibility index (Phi) is 25.8. The molecule has 42 heavy (non-hydrogen) atoms. The number of aliphatic carboxylic acids is 1. The molecule has 0 aromatic rings. The van der Waals surface area contributed by atoms with E-state index in [2.05, 4.69) is 13.8 Å². The molecule has 0 rings (SSSR count). The van der Waals surface area contributed by atoms with Gasteiger partial charge in [-0.25, -0.2) is 0 Å². The molecule has 0 aliphatic heterocycles. The van der Waals surface area contributed by atoms with Gasteiger partial charge in [0.15, 0.2) is 12.4 Å². The summed E-state index contributed by atoms with van der Waals surface area (Å²) in [5.41, 5.74) is 0. The van der Waals surface area contributed by atoms with Crippen molar-refractivity contribution in [3.8, 4) is 0 Å². The Morgan fingerprint density at radius 3 is 1.52 bits per heavy atom. The molecule has 0 fully saturated rings. The van der Waals surface area contributed by atoms with Gasteiger partial charge in [-0.3, -0.25) is 9.59 Å². The summed E-state index contributed by atoms with van der Waals surface area (Å²) in [7, 11) is 5.88. The molecule has 9 nitrogen and oxygen atoms in total. The minimum Gasteiger partial charge on any atom is -0.545 e. The number of rotatable bonds is 30. The number of nitrogens with zero attached hydrogens (tertiary/aromatic N) is 1. The zero-order valence-corrected chi connectivity index (χ0v) is 27.6. The average molecular weight is 602 g/mol. The topological polar surface area (TPSA) is 111 Å². The van der Waals surface area contributed by atoms with Crippen LogP contribution in [0.15, 0.2) is 0 Å². The van der Waals surface area contributed by atoms with E-state index in [4.69, 9.17) is 18.9 Å². The lowest BCUT2D eigenvalue weighted by Gasteiger charge is -2.26. The van der Waals surface area contributed by atoms with Crippen LogP contribution < -0.4 is 5.11 Å². The molecule has 0 heterocycles. The third-order valence-electron chi connectivity index (χ3n) is 7.10. The molecule has 0 aromatic carbocycles. The van der Waals surface area contributed by atoms with Crippen LogP contribution >= 0.6 is 0 Å². The third kappa shape index (κ3) is 27.1. The molecule has 0 aromatic heterocycles. The number of carboxylic acid groups (broad SMARTS) is 1. The molecule has 2 unspecified atom stereocenters. The summed E-state index contributed by atoms with van der Waals surface area (Å²) in [5.74, 6) is -2.29. The van der Waals surface area contributed by atoms with Gasteiger partial charge in [0.05, 0.1) is 40.3 Å². The first kappa shape index (κ1) is 40.3. The smallest absolute Gasteiger partial charge is 0.306 e. The Morgan fingerprint density at radius 2 is 1.07 bits per heavy atom. The van der Waals surface area contributed by atoms with Crippen molar-refractivity contribution in [3.05, 3.63) is 0 Å². The predicted molar refractivity (Wildman–Crippen MR) is 164 cm³/mol. The van der Waals surface area contributed by atoms with E-state index in [-0.39, 0.29) is 32.2 Å². The van der Waals surface area contributed by atoms with Gasteiger partial charge in [0.2, 0.25) is 0 Å². The molecule has 0 N–H and O–H groups in total. The summed E-state index contributed by atoms with van der Waals surface area (Å²) in [4.78, 5) is 36.4. The fourth-order valence-corrected chi connectivity index (χ4v) is 4.41. The van der Waals surface area contributed by atoms with Crippen LogP contribution in [0.1, 0.15) is 136 Å². The molecule has 0 bridgehead atoms. The summed E-state index contributed by atoms with van der Waals surface area (Å²) in [6.45, 7) is 4.65. The highest BCUT2D eigenvalue weighted by atomic mass is 16.7. The summed E-state index contributed by atoms with van der Waals surface area (Å²) in [6.07, 6.45) is 17.2. The zero-order valence-electron chi connectivity index (χ0n) is 27.6. The molecular weight excluding hydrogens is 538 g/mol. The molecular formula is C33H63NO8. The second-order valence-corrected chi connectivity index (χ2v) is 12.5. The van der Waals surface area contributed by atoms with Gasteiger partial charge in [-0.15, -0.1) is 0 Å². The second kappa shape index (κ2) is 26.9. The predicted octanol–water partition coefficient (Wildman–Crippen LogP) is 5.71. The number of hydrogen-bond acceptors (Lipinski definition) is 8. The van der Waals surface area contributed by atoms with Crippen molar-refractivity contribution in [1.29, 1.82) is 0 Å². The van der Waals surface area contributed by atoms with Gasteiger partial charge < -0.3 is 33.3 Å². The molecule has 0 saturated heterocycles. The molecule has 248 valence electrons. The highest BCUT2D eigenvalue weighted by Crippen LogP contribution is 2.13. The van der Waals surface area contributed by atoms with Crippen LogP contribution in [0.3, 0.4) is 0 Å². The molecule has 0 amide bonds. The van der Waals surface area contributed by atoms with Gasteiger partial charge in [-0.05, 0) is 12.8 Å². The first-order valence-corrected chi connectivity index (χ1v) is 16.7.